The molecule has 2 aliphatic rings. The molecular formula is C17H26N2O. The molecule has 3 rings (SSSR count). The van der Waals surface area contributed by atoms with Gasteiger partial charge in [0.2, 0.25) is 0 Å². The van der Waals surface area contributed by atoms with Crippen LogP contribution < -0.4 is 10.6 Å². The second-order valence-electron chi connectivity index (χ2n) is 6.02. The van der Waals surface area contributed by atoms with E-state index in [0.29, 0.717) is 17.9 Å². The van der Waals surface area contributed by atoms with Gasteiger partial charge in [-0.1, -0.05) is 25.1 Å². The van der Waals surface area contributed by atoms with E-state index in [1.807, 2.05) is 0 Å². The lowest BCUT2D eigenvalue weighted by molar-refractivity contribution is 0.0873. The third-order valence-electron chi connectivity index (χ3n) is 4.76. The lowest BCUT2D eigenvalue weighted by Crippen LogP contribution is -2.29. The van der Waals surface area contributed by atoms with Gasteiger partial charge in [0.1, 0.15) is 0 Å². The predicted octanol–water partition coefficient (Wildman–Crippen LogP) is 2.99. The van der Waals surface area contributed by atoms with Crippen molar-refractivity contribution in [2.24, 2.45) is 5.92 Å². The maximum atomic E-state index is 5.74. The van der Waals surface area contributed by atoms with Gasteiger partial charge in [-0.3, -0.25) is 0 Å². The summed E-state index contributed by atoms with van der Waals surface area (Å²) in [7, 11) is 0. The topological polar surface area (TPSA) is 33.3 Å². The van der Waals surface area contributed by atoms with Gasteiger partial charge < -0.3 is 15.4 Å². The zero-order chi connectivity index (χ0) is 13.8. The molecule has 1 aromatic carbocycles. The minimum absolute atomic E-state index is 0.483. The molecule has 0 aliphatic carbocycles. The van der Waals surface area contributed by atoms with Gasteiger partial charge in [-0.2, -0.15) is 0 Å². The minimum atomic E-state index is 0.483. The molecule has 110 valence electrons. The first-order chi connectivity index (χ1) is 9.88. The van der Waals surface area contributed by atoms with Crippen molar-refractivity contribution < 1.29 is 4.74 Å². The van der Waals surface area contributed by atoms with Crippen molar-refractivity contribution in [3.63, 3.8) is 0 Å². The molecule has 0 aromatic heterocycles. The first kappa shape index (κ1) is 13.9. The van der Waals surface area contributed by atoms with Crippen molar-refractivity contribution in [3.8, 4) is 0 Å². The van der Waals surface area contributed by atoms with E-state index in [4.69, 9.17) is 4.74 Å². The molecule has 3 atom stereocenters. The Morgan fingerprint density at radius 1 is 1.35 bits per heavy atom. The highest BCUT2D eigenvalue weighted by Crippen LogP contribution is 2.32. The Morgan fingerprint density at radius 3 is 3.15 bits per heavy atom. The largest absolute Gasteiger partial charge is 0.384 e. The van der Waals surface area contributed by atoms with Crippen LogP contribution in [-0.4, -0.2) is 32.3 Å². The number of ether oxygens (including phenoxy) is 1. The first-order valence-corrected chi connectivity index (χ1v) is 8.03. The van der Waals surface area contributed by atoms with Crippen molar-refractivity contribution in [1.82, 2.24) is 5.32 Å². The van der Waals surface area contributed by atoms with E-state index in [1.54, 1.807) is 0 Å². The highest BCUT2D eigenvalue weighted by atomic mass is 16.5. The Balaban J connectivity index is 1.41. The van der Waals surface area contributed by atoms with Gasteiger partial charge in [0.15, 0.2) is 0 Å². The summed E-state index contributed by atoms with van der Waals surface area (Å²) in [6, 6.07) is 8.70. The Bertz CT molecular complexity index is 435. The number of hydrogen-bond donors (Lipinski definition) is 2. The third kappa shape index (κ3) is 2.99. The van der Waals surface area contributed by atoms with Gasteiger partial charge in [0.05, 0.1) is 6.10 Å². The van der Waals surface area contributed by atoms with E-state index < -0.39 is 0 Å². The number of para-hydroxylation sites is 1. The van der Waals surface area contributed by atoms with Crippen LogP contribution >= 0.6 is 0 Å². The maximum Gasteiger partial charge on any atom is 0.0613 e. The van der Waals surface area contributed by atoms with E-state index in [2.05, 4.69) is 41.8 Å². The average Bonchev–Trinajstić information content (AvgIpc) is 3.10. The molecule has 20 heavy (non-hydrogen) atoms. The van der Waals surface area contributed by atoms with Gasteiger partial charge in [0.25, 0.3) is 0 Å². The van der Waals surface area contributed by atoms with Gasteiger partial charge in [-0.05, 0) is 43.4 Å². The highest BCUT2D eigenvalue weighted by Gasteiger charge is 2.26. The number of nitrogens with one attached hydrogen (secondary N) is 2. The second-order valence-corrected chi connectivity index (χ2v) is 6.02. The van der Waals surface area contributed by atoms with Gasteiger partial charge in [-0.25, -0.2) is 0 Å². The first-order valence-electron chi connectivity index (χ1n) is 8.03. The molecule has 2 N–H and O–H groups in total. The Morgan fingerprint density at radius 2 is 2.25 bits per heavy atom. The molecule has 0 bridgehead atoms. The maximum absolute atomic E-state index is 5.74. The Hall–Kier alpha value is -1.06. The summed E-state index contributed by atoms with van der Waals surface area (Å²) in [6.07, 6.45) is 4.07. The molecule has 2 aliphatic heterocycles. The van der Waals surface area contributed by atoms with E-state index in [0.717, 1.165) is 32.7 Å². The fraction of sp³-hybridized carbons (Fsp3) is 0.647. The number of fused-ring (bicyclic) bond motifs is 1. The number of hydrogen-bond acceptors (Lipinski definition) is 3. The molecular weight excluding hydrogens is 248 g/mol. The molecule has 0 radical (unpaired) electrons. The number of anilines is 1. The summed E-state index contributed by atoms with van der Waals surface area (Å²) in [6.45, 7) is 6.48. The highest BCUT2D eigenvalue weighted by molar-refractivity contribution is 5.57. The van der Waals surface area contributed by atoms with E-state index in [9.17, 15) is 0 Å². The summed E-state index contributed by atoms with van der Waals surface area (Å²) in [5, 5.41) is 7.14. The summed E-state index contributed by atoms with van der Waals surface area (Å²) in [4.78, 5) is 0. The van der Waals surface area contributed by atoms with Crippen LogP contribution in [0.3, 0.4) is 0 Å². The van der Waals surface area contributed by atoms with Crippen molar-refractivity contribution in [2.45, 2.75) is 38.2 Å². The van der Waals surface area contributed by atoms with Crippen LogP contribution in [-0.2, 0) is 4.74 Å². The molecule has 0 saturated carbocycles. The van der Waals surface area contributed by atoms with Crippen LogP contribution in [0.1, 0.15) is 37.7 Å². The van der Waals surface area contributed by atoms with Crippen LogP contribution in [0.15, 0.2) is 24.3 Å². The van der Waals surface area contributed by atoms with Crippen LogP contribution in [0.5, 0.6) is 0 Å². The zero-order valence-electron chi connectivity index (χ0n) is 12.4. The van der Waals surface area contributed by atoms with Crippen LogP contribution in [0.25, 0.3) is 0 Å². The van der Waals surface area contributed by atoms with Gasteiger partial charge in [0, 0.05) is 31.3 Å². The molecule has 1 saturated heterocycles. The second kappa shape index (κ2) is 6.59. The average molecular weight is 274 g/mol. The SMILES string of the molecule is CCC1OCCC1CNCCC1CNc2ccccc21. The minimum Gasteiger partial charge on any atom is -0.384 e. The lowest BCUT2D eigenvalue weighted by atomic mass is 9.97. The quantitative estimate of drug-likeness (QED) is 0.782. The number of rotatable bonds is 6. The summed E-state index contributed by atoms with van der Waals surface area (Å²) < 4.78 is 5.74. The predicted molar refractivity (Wildman–Crippen MR) is 83.3 cm³/mol. The Labute approximate surface area is 122 Å². The molecule has 3 unspecified atom stereocenters. The molecule has 2 heterocycles. The summed E-state index contributed by atoms with van der Waals surface area (Å²) in [5.41, 5.74) is 2.82. The van der Waals surface area contributed by atoms with Gasteiger partial charge >= 0.3 is 0 Å². The molecule has 0 spiro atoms. The molecule has 1 fully saturated rings. The molecule has 1 aromatic rings. The smallest absolute Gasteiger partial charge is 0.0613 e. The van der Waals surface area contributed by atoms with Crippen LogP contribution in [0, 0.1) is 5.92 Å². The normalized spacial score (nSPS) is 28.4. The van der Waals surface area contributed by atoms with Gasteiger partial charge in [-0.15, -0.1) is 0 Å². The van der Waals surface area contributed by atoms with Crippen molar-refractivity contribution in [2.75, 3.05) is 31.6 Å². The fourth-order valence-corrected chi connectivity index (χ4v) is 3.56. The van der Waals surface area contributed by atoms with E-state index >= 15 is 0 Å². The molecule has 3 heteroatoms. The van der Waals surface area contributed by atoms with E-state index in [-0.39, 0.29) is 0 Å². The molecule has 0 amide bonds. The fourth-order valence-electron chi connectivity index (χ4n) is 3.56. The van der Waals surface area contributed by atoms with Crippen LogP contribution in [0.2, 0.25) is 0 Å². The standard InChI is InChI=1S/C17H26N2O/c1-2-17-14(8-10-20-17)11-18-9-7-13-12-19-16-6-4-3-5-15(13)16/h3-6,13-14,17-19H,2,7-12H2,1H3. The van der Waals surface area contributed by atoms with Crippen LogP contribution in [0.4, 0.5) is 5.69 Å². The lowest BCUT2D eigenvalue weighted by Gasteiger charge is -2.18. The monoisotopic (exact) mass is 274 g/mol. The van der Waals surface area contributed by atoms with E-state index in [1.165, 1.54) is 24.1 Å². The van der Waals surface area contributed by atoms with Crippen molar-refractivity contribution in [3.05, 3.63) is 29.8 Å². The Kier molecular flexibility index (Phi) is 4.58. The number of benzene rings is 1. The zero-order valence-corrected chi connectivity index (χ0v) is 12.4. The molecule has 3 nitrogen and oxygen atoms in total. The van der Waals surface area contributed by atoms with Crippen molar-refractivity contribution >= 4 is 5.69 Å². The van der Waals surface area contributed by atoms with Crippen molar-refractivity contribution in [1.29, 1.82) is 0 Å². The third-order valence-corrected chi connectivity index (χ3v) is 4.76. The summed E-state index contributed by atoms with van der Waals surface area (Å²) in [5.74, 6) is 1.38. The summed E-state index contributed by atoms with van der Waals surface area (Å²) >= 11 is 0.